The van der Waals surface area contributed by atoms with Crippen LogP contribution in [0.3, 0.4) is 0 Å². The number of amides is 1. The highest BCUT2D eigenvalue weighted by atomic mass is 16.1. The summed E-state index contributed by atoms with van der Waals surface area (Å²) in [4.78, 5) is 20.7. The van der Waals surface area contributed by atoms with Crippen LogP contribution in [0.1, 0.15) is 21.7 Å². The fourth-order valence-corrected chi connectivity index (χ4v) is 2.13. The number of pyridine rings is 1. The fourth-order valence-electron chi connectivity index (χ4n) is 2.13. The fraction of sp³-hybridized carbons (Fsp3) is 0.118. The molecule has 3 rings (SSSR count). The van der Waals surface area contributed by atoms with E-state index in [1.165, 1.54) is 0 Å². The number of aromatic nitrogens is 3. The minimum atomic E-state index is -0.145. The summed E-state index contributed by atoms with van der Waals surface area (Å²) in [5, 5.41) is 2.84. The molecule has 1 N–H and O–H groups in total. The third kappa shape index (κ3) is 2.88. The molecule has 2 aromatic heterocycles. The summed E-state index contributed by atoms with van der Waals surface area (Å²) in [5.41, 5.74) is 2.41. The van der Waals surface area contributed by atoms with Gasteiger partial charge in [0.1, 0.15) is 11.6 Å². The first-order valence-electron chi connectivity index (χ1n) is 6.98. The van der Waals surface area contributed by atoms with Gasteiger partial charge in [-0.2, -0.15) is 0 Å². The third-order valence-electron chi connectivity index (χ3n) is 3.39. The van der Waals surface area contributed by atoms with Crippen LogP contribution in [0.2, 0.25) is 0 Å². The molecule has 0 atom stereocenters. The van der Waals surface area contributed by atoms with Crippen molar-refractivity contribution in [3.05, 3.63) is 71.9 Å². The lowest BCUT2D eigenvalue weighted by molar-refractivity contribution is 0.102. The van der Waals surface area contributed by atoms with Crippen LogP contribution in [0.5, 0.6) is 0 Å². The van der Waals surface area contributed by atoms with Gasteiger partial charge in [0.15, 0.2) is 0 Å². The van der Waals surface area contributed by atoms with E-state index in [0.717, 1.165) is 17.2 Å². The molecule has 0 unspecified atom stereocenters. The molecule has 1 amide bonds. The molecular formula is C17H16N4O. The van der Waals surface area contributed by atoms with Gasteiger partial charge in [0.2, 0.25) is 0 Å². The van der Waals surface area contributed by atoms with Gasteiger partial charge < -0.3 is 5.32 Å². The average Bonchev–Trinajstić information content (AvgIpc) is 2.95. The molecule has 0 aliphatic heterocycles. The van der Waals surface area contributed by atoms with Gasteiger partial charge in [0, 0.05) is 18.0 Å². The molecule has 0 aliphatic rings. The number of hydrogen-bond acceptors (Lipinski definition) is 3. The number of anilines is 1. The monoisotopic (exact) mass is 292 g/mol. The SMILES string of the molecule is Cc1ccc(C(=O)Nc2ccc(-n3ccnc3C)nc2)cc1. The summed E-state index contributed by atoms with van der Waals surface area (Å²) in [6, 6.07) is 11.1. The summed E-state index contributed by atoms with van der Waals surface area (Å²) in [7, 11) is 0. The van der Waals surface area contributed by atoms with Crippen molar-refractivity contribution in [2.75, 3.05) is 5.32 Å². The topological polar surface area (TPSA) is 59.8 Å². The molecule has 0 bridgehead atoms. The van der Waals surface area contributed by atoms with E-state index < -0.39 is 0 Å². The van der Waals surface area contributed by atoms with Gasteiger partial charge in [-0.3, -0.25) is 9.36 Å². The Hall–Kier alpha value is -2.95. The molecule has 22 heavy (non-hydrogen) atoms. The zero-order valence-electron chi connectivity index (χ0n) is 12.4. The maximum absolute atomic E-state index is 12.1. The quantitative estimate of drug-likeness (QED) is 0.806. The van der Waals surface area contributed by atoms with Gasteiger partial charge in [0.05, 0.1) is 11.9 Å². The van der Waals surface area contributed by atoms with Crippen molar-refractivity contribution in [1.29, 1.82) is 0 Å². The second-order valence-electron chi connectivity index (χ2n) is 5.07. The van der Waals surface area contributed by atoms with Crippen LogP contribution in [0.25, 0.3) is 5.82 Å². The van der Waals surface area contributed by atoms with E-state index in [0.29, 0.717) is 11.3 Å². The number of hydrogen-bond donors (Lipinski definition) is 1. The number of aryl methyl sites for hydroxylation is 2. The number of rotatable bonds is 3. The Morgan fingerprint density at radius 2 is 1.82 bits per heavy atom. The molecule has 0 radical (unpaired) electrons. The maximum Gasteiger partial charge on any atom is 0.255 e. The van der Waals surface area contributed by atoms with E-state index in [1.807, 2.05) is 48.9 Å². The van der Waals surface area contributed by atoms with Crippen molar-refractivity contribution in [2.45, 2.75) is 13.8 Å². The van der Waals surface area contributed by atoms with E-state index in [9.17, 15) is 4.79 Å². The van der Waals surface area contributed by atoms with Crippen LogP contribution in [0.15, 0.2) is 55.0 Å². The molecule has 0 saturated heterocycles. The van der Waals surface area contributed by atoms with Gasteiger partial charge >= 0.3 is 0 Å². The zero-order chi connectivity index (χ0) is 15.5. The first-order chi connectivity index (χ1) is 10.6. The Balaban J connectivity index is 1.75. The lowest BCUT2D eigenvalue weighted by Crippen LogP contribution is -2.12. The first-order valence-corrected chi connectivity index (χ1v) is 6.98. The van der Waals surface area contributed by atoms with Crippen molar-refractivity contribution in [2.24, 2.45) is 0 Å². The van der Waals surface area contributed by atoms with Crippen molar-refractivity contribution in [3.63, 3.8) is 0 Å². The molecule has 0 saturated carbocycles. The van der Waals surface area contributed by atoms with E-state index in [1.54, 1.807) is 24.5 Å². The highest BCUT2D eigenvalue weighted by Crippen LogP contribution is 2.13. The smallest absolute Gasteiger partial charge is 0.255 e. The number of carbonyl (C=O) groups is 1. The Morgan fingerprint density at radius 1 is 1.05 bits per heavy atom. The van der Waals surface area contributed by atoms with Crippen molar-refractivity contribution in [1.82, 2.24) is 14.5 Å². The van der Waals surface area contributed by atoms with Gasteiger partial charge in [-0.1, -0.05) is 17.7 Å². The van der Waals surface area contributed by atoms with Gasteiger partial charge in [-0.15, -0.1) is 0 Å². The molecule has 5 heteroatoms. The van der Waals surface area contributed by atoms with Crippen LogP contribution in [-0.2, 0) is 0 Å². The maximum atomic E-state index is 12.1. The molecule has 5 nitrogen and oxygen atoms in total. The summed E-state index contributed by atoms with van der Waals surface area (Å²) in [5.74, 6) is 1.49. The average molecular weight is 292 g/mol. The standard InChI is InChI=1S/C17H16N4O/c1-12-3-5-14(6-4-12)17(22)20-15-7-8-16(19-11-15)21-10-9-18-13(21)2/h3-11H,1-2H3,(H,20,22). The summed E-state index contributed by atoms with van der Waals surface area (Å²) < 4.78 is 1.88. The number of benzene rings is 1. The molecular weight excluding hydrogens is 276 g/mol. The highest BCUT2D eigenvalue weighted by Gasteiger charge is 2.07. The second-order valence-corrected chi connectivity index (χ2v) is 5.07. The zero-order valence-corrected chi connectivity index (χ0v) is 12.4. The minimum absolute atomic E-state index is 0.145. The van der Waals surface area contributed by atoms with Crippen LogP contribution in [0, 0.1) is 13.8 Å². The Morgan fingerprint density at radius 3 is 2.41 bits per heavy atom. The predicted octanol–water partition coefficient (Wildman–Crippen LogP) is 3.14. The van der Waals surface area contributed by atoms with Crippen LogP contribution in [0.4, 0.5) is 5.69 Å². The minimum Gasteiger partial charge on any atom is -0.321 e. The van der Waals surface area contributed by atoms with Crippen molar-refractivity contribution in [3.8, 4) is 5.82 Å². The Kier molecular flexibility index (Phi) is 3.70. The first kappa shape index (κ1) is 14.0. The predicted molar refractivity (Wildman–Crippen MR) is 85.2 cm³/mol. The lowest BCUT2D eigenvalue weighted by atomic mass is 10.1. The van der Waals surface area contributed by atoms with Crippen molar-refractivity contribution < 1.29 is 4.79 Å². The molecule has 3 aromatic rings. The van der Waals surface area contributed by atoms with E-state index in [2.05, 4.69) is 15.3 Å². The number of carbonyl (C=O) groups excluding carboxylic acids is 1. The highest BCUT2D eigenvalue weighted by molar-refractivity contribution is 6.04. The molecule has 1 aromatic carbocycles. The molecule has 0 spiro atoms. The van der Waals surface area contributed by atoms with Gasteiger partial charge in [0.25, 0.3) is 5.91 Å². The van der Waals surface area contributed by atoms with Crippen LogP contribution >= 0.6 is 0 Å². The summed E-state index contributed by atoms with van der Waals surface area (Å²) in [6.45, 7) is 3.90. The molecule has 0 fully saturated rings. The van der Waals surface area contributed by atoms with Gasteiger partial charge in [-0.05, 0) is 38.1 Å². The summed E-state index contributed by atoms with van der Waals surface area (Å²) in [6.07, 6.45) is 5.22. The third-order valence-corrected chi connectivity index (χ3v) is 3.39. The van der Waals surface area contributed by atoms with Crippen molar-refractivity contribution >= 4 is 11.6 Å². The Bertz CT molecular complexity index is 788. The summed E-state index contributed by atoms with van der Waals surface area (Å²) >= 11 is 0. The van der Waals surface area contributed by atoms with E-state index in [4.69, 9.17) is 0 Å². The molecule has 2 heterocycles. The molecule has 0 aliphatic carbocycles. The lowest BCUT2D eigenvalue weighted by Gasteiger charge is -2.07. The van der Waals surface area contributed by atoms with Gasteiger partial charge in [-0.25, -0.2) is 9.97 Å². The van der Waals surface area contributed by atoms with E-state index >= 15 is 0 Å². The number of nitrogens with one attached hydrogen (secondary N) is 1. The van der Waals surface area contributed by atoms with Crippen LogP contribution < -0.4 is 5.32 Å². The second kappa shape index (κ2) is 5.81. The van der Waals surface area contributed by atoms with E-state index in [-0.39, 0.29) is 5.91 Å². The molecule has 110 valence electrons. The van der Waals surface area contributed by atoms with Crippen LogP contribution in [-0.4, -0.2) is 20.4 Å². The number of nitrogens with zero attached hydrogens (tertiary/aromatic N) is 3. The largest absolute Gasteiger partial charge is 0.321 e. The Labute approximate surface area is 128 Å². The normalized spacial score (nSPS) is 10.5. The number of imidazole rings is 1.